The number of pyridine rings is 1. The minimum absolute atomic E-state index is 0.209. The molecule has 0 atom stereocenters. The Hall–Kier alpha value is -3.03. The molecule has 0 radical (unpaired) electrons. The largest absolute Gasteiger partial charge is 0.347 e. The first-order valence-electron chi connectivity index (χ1n) is 5.90. The van der Waals surface area contributed by atoms with E-state index >= 15 is 0 Å². The Morgan fingerprint density at radius 3 is 2.95 bits per heavy atom. The van der Waals surface area contributed by atoms with Crippen LogP contribution in [0.5, 0.6) is 0 Å². The molecule has 0 aliphatic carbocycles. The van der Waals surface area contributed by atoms with E-state index in [4.69, 9.17) is 0 Å². The van der Waals surface area contributed by atoms with Gasteiger partial charge in [0.1, 0.15) is 18.5 Å². The molecule has 3 heterocycles. The second-order valence-electron chi connectivity index (χ2n) is 3.96. The molecule has 0 fully saturated rings. The van der Waals surface area contributed by atoms with E-state index in [-0.39, 0.29) is 5.91 Å². The summed E-state index contributed by atoms with van der Waals surface area (Å²) < 4.78 is 1.52. The average molecular weight is 269 g/mol. The molecule has 8 nitrogen and oxygen atoms in total. The van der Waals surface area contributed by atoms with Gasteiger partial charge in [-0.1, -0.05) is 0 Å². The molecular formula is C12H11N7O. The summed E-state index contributed by atoms with van der Waals surface area (Å²) in [7, 11) is 0. The molecule has 0 aromatic carbocycles. The van der Waals surface area contributed by atoms with E-state index < -0.39 is 0 Å². The molecule has 0 spiro atoms. The van der Waals surface area contributed by atoms with Gasteiger partial charge in [-0.25, -0.2) is 19.6 Å². The summed E-state index contributed by atoms with van der Waals surface area (Å²) in [6, 6.07) is 3.39. The predicted octanol–water partition coefficient (Wildman–Crippen LogP) is 0.315. The Balaban J connectivity index is 1.66. The fourth-order valence-corrected chi connectivity index (χ4v) is 1.64. The molecule has 0 bridgehead atoms. The molecule has 0 saturated heterocycles. The van der Waals surface area contributed by atoms with E-state index in [0.29, 0.717) is 23.8 Å². The van der Waals surface area contributed by atoms with Gasteiger partial charge in [-0.2, -0.15) is 5.10 Å². The molecule has 3 rings (SSSR count). The lowest BCUT2D eigenvalue weighted by Crippen LogP contribution is -2.23. The first-order valence-corrected chi connectivity index (χ1v) is 5.90. The van der Waals surface area contributed by atoms with Crippen LogP contribution in [0.1, 0.15) is 16.2 Å². The lowest BCUT2D eigenvalue weighted by molar-refractivity contribution is 0.0949. The summed E-state index contributed by atoms with van der Waals surface area (Å²) in [6.45, 7) is 0.344. The van der Waals surface area contributed by atoms with Gasteiger partial charge < -0.3 is 10.3 Å². The highest BCUT2D eigenvalue weighted by molar-refractivity contribution is 5.93. The van der Waals surface area contributed by atoms with Gasteiger partial charge in [0, 0.05) is 18.6 Å². The summed E-state index contributed by atoms with van der Waals surface area (Å²) in [5, 5.41) is 6.71. The number of H-pyrrole nitrogens is 1. The van der Waals surface area contributed by atoms with E-state index in [1.165, 1.54) is 17.2 Å². The smallest absolute Gasteiger partial charge is 0.253 e. The number of aromatic amines is 1. The third-order valence-corrected chi connectivity index (χ3v) is 2.63. The Kier molecular flexibility index (Phi) is 3.19. The number of carbonyl (C=O) groups is 1. The van der Waals surface area contributed by atoms with Crippen LogP contribution in [0.3, 0.4) is 0 Å². The molecule has 20 heavy (non-hydrogen) atoms. The maximum atomic E-state index is 11.9. The van der Waals surface area contributed by atoms with Gasteiger partial charge >= 0.3 is 0 Å². The lowest BCUT2D eigenvalue weighted by Gasteiger charge is -2.04. The molecule has 3 aromatic heterocycles. The normalized spacial score (nSPS) is 10.4. The van der Waals surface area contributed by atoms with Crippen molar-refractivity contribution < 1.29 is 4.79 Å². The number of hydrogen-bond donors (Lipinski definition) is 2. The van der Waals surface area contributed by atoms with Crippen LogP contribution in [0.15, 0.2) is 43.4 Å². The van der Waals surface area contributed by atoms with Gasteiger partial charge in [0.15, 0.2) is 5.82 Å². The number of hydrogen-bond acceptors (Lipinski definition) is 5. The van der Waals surface area contributed by atoms with E-state index in [9.17, 15) is 4.79 Å². The molecule has 0 aliphatic rings. The molecule has 3 aromatic rings. The van der Waals surface area contributed by atoms with E-state index in [1.807, 2.05) is 0 Å². The highest BCUT2D eigenvalue weighted by atomic mass is 16.1. The second-order valence-corrected chi connectivity index (χ2v) is 3.96. The standard InChI is InChI=1S/C12H11N7O/c20-12(17-6-10-14-3-4-15-10)9-1-2-11(16-5-9)19-8-13-7-18-19/h1-5,7-8H,6H2,(H,14,15)(H,17,20). The maximum Gasteiger partial charge on any atom is 0.253 e. The summed E-state index contributed by atoms with van der Waals surface area (Å²) >= 11 is 0. The molecule has 0 unspecified atom stereocenters. The number of imidazole rings is 1. The van der Waals surface area contributed by atoms with Crippen LogP contribution < -0.4 is 5.32 Å². The van der Waals surface area contributed by atoms with Crippen molar-refractivity contribution in [3.05, 3.63) is 54.8 Å². The molecule has 0 saturated carbocycles. The van der Waals surface area contributed by atoms with Gasteiger partial charge in [0.25, 0.3) is 5.91 Å². The van der Waals surface area contributed by atoms with Crippen molar-refractivity contribution in [3.63, 3.8) is 0 Å². The molecule has 1 amide bonds. The highest BCUT2D eigenvalue weighted by Gasteiger charge is 2.07. The zero-order valence-corrected chi connectivity index (χ0v) is 10.4. The number of amides is 1. The predicted molar refractivity (Wildman–Crippen MR) is 68.9 cm³/mol. The average Bonchev–Trinajstić information content (AvgIpc) is 3.18. The Morgan fingerprint density at radius 2 is 2.30 bits per heavy atom. The summed E-state index contributed by atoms with van der Waals surface area (Å²) in [5.74, 6) is 1.09. The number of rotatable bonds is 4. The Labute approximate surface area is 113 Å². The van der Waals surface area contributed by atoms with Crippen molar-refractivity contribution in [2.75, 3.05) is 0 Å². The number of nitrogens with zero attached hydrogens (tertiary/aromatic N) is 5. The SMILES string of the molecule is O=C(NCc1ncc[nH]1)c1ccc(-n2cncn2)nc1. The number of aromatic nitrogens is 6. The van der Waals surface area contributed by atoms with Gasteiger partial charge in [0.2, 0.25) is 0 Å². The highest BCUT2D eigenvalue weighted by Crippen LogP contribution is 2.04. The van der Waals surface area contributed by atoms with Crippen LogP contribution in [0.2, 0.25) is 0 Å². The zero-order valence-electron chi connectivity index (χ0n) is 10.4. The van der Waals surface area contributed by atoms with Crippen LogP contribution in [0.4, 0.5) is 0 Å². The second kappa shape index (κ2) is 5.31. The number of carbonyl (C=O) groups excluding carboxylic acids is 1. The van der Waals surface area contributed by atoms with Crippen LogP contribution in [-0.2, 0) is 6.54 Å². The lowest BCUT2D eigenvalue weighted by atomic mass is 10.2. The van der Waals surface area contributed by atoms with Crippen molar-refractivity contribution in [2.45, 2.75) is 6.54 Å². The van der Waals surface area contributed by atoms with Crippen molar-refractivity contribution in [2.24, 2.45) is 0 Å². The number of nitrogens with one attached hydrogen (secondary N) is 2. The summed E-state index contributed by atoms with van der Waals surface area (Å²) in [6.07, 6.45) is 7.80. The van der Waals surface area contributed by atoms with E-state index in [2.05, 4.69) is 30.4 Å². The van der Waals surface area contributed by atoms with Gasteiger partial charge in [-0.3, -0.25) is 4.79 Å². The van der Waals surface area contributed by atoms with E-state index in [0.717, 1.165) is 0 Å². The Morgan fingerprint density at radius 1 is 1.35 bits per heavy atom. The molecule has 2 N–H and O–H groups in total. The van der Waals surface area contributed by atoms with Crippen LogP contribution in [0, 0.1) is 0 Å². The van der Waals surface area contributed by atoms with Crippen LogP contribution in [0.25, 0.3) is 5.82 Å². The van der Waals surface area contributed by atoms with Crippen molar-refractivity contribution >= 4 is 5.91 Å². The molecule has 100 valence electrons. The van der Waals surface area contributed by atoms with Crippen molar-refractivity contribution in [3.8, 4) is 5.82 Å². The van der Waals surface area contributed by atoms with Crippen molar-refractivity contribution in [1.29, 1.82) is 0 Å². The third kappa shape index (κ3) is 2.53. The monoisotopic (exact) mass is 269 g/mol. The zero-order chi connectivity index (χ0) is 13.8. The summed E-state index contributed by atoms with van der Waals surface area (Å²) in [4.78, 5) is 26.8. The minimum atomic E-state index is -0.209. The van der Waals surface area contributed by atoms with Crippen LogP contribution >= 0.6 is 0 Å². The Bertz CT molecular complexity index is 673. The first-order chi connectivity index (χ1) is 9.83. The summed E-state index contributed by atoms with van der Waals surface area (Å²) in [5.41, 5.74) is 0.473. The maximum absolute atomic E-state index is 11.9. The third-order valence-electron chi connectivity index (χ3n) is 2.63. The van der Waals surface area contributed by atoms with Crippen LogP contribution in [-0.4, -0.2) is 35.6 Å². The quantitative estimate of drug-likeness (QED) is 0.710. The first kappa shape index (κ1) is 12.0. The van der Waals surface area contributed by atoms with Crippen molar-refractivity contribution in [1.82, 2.24) is 35.0 Å². The fourth-order valence-electron chi connectivity index (χ4n) is 1.64. The van der Waals surface area contributed by atoms with E-state index in [1.54, 1.807) is 30.9 Å². The van der Waals surface area contributed by atoms with Gasteiger partial charge in [0.05, 0.1) is 12.1 Å². The molecular weight excluding hydrogens is 258 g/mol. The molecule has 8 heteroatoms. The topological polar surface area (TPSA) is 101 Å². The minimum Gasteiger partial charge on any atom is -0.347 e. The fraction of sp³-hybridized carbons (Fsp3) is 0.0833. The van der Waals surface area contributed by atoms with Gasteiger partial charge in [-0.05, 0) is 12.1 Å². The molecule has 0 aliphatic heterocycles. The van der Waals surface area contributed by atoms with Gasteiger partial charge in [-0.15, -0.1) is 0 Å².